The Kier molecular flexibility index (Phi) is 5.18. The van der Waals surface area contributed by atoms with Crippen molar-refractivity contribution < 1.29 is 22.7 Å². The van der Waals surface area contributed by atoms with Crippen LogP contribution in [0.3, 0.4) is 0 Å². The van der Waals surface area contributed by atoms with Crippen LogP contribution in [-0.4, -0.2) is 43.2 Å². The Bertz CT molecular complexity index is 1020. The molecule has 1 aliphatic rings. The number of nitrogens with one attached hydrogen (secondary N) is 1. The number of carbonyl (C=O) groups is 2. The Balaban J connectivity index is 1.90. The second-order valence-electron chi connectivity index (χ2n) is 5.89. The Morgan fingerprint density at radius 1 is 1.37 bits per heavy atom. The van der Waals surface area contributed by atoms with Crippen molar-refractivity contribution in [2.75, 3.05) is 19.0 Å². The number of anilines is 1. The molecule has 0 bridgehead atoms. The molecule has 0 unspecified atom stereocenters. The predicted octanol–water partition coefficient (Wildman–Crippen LogP) is 0.956. The standard InChI is InChI=1S/C16H18N4O5S2/c1-9(21)18-16-19-12-5-6-20(8-14(12)26-16)27(23,24)10-3-4-13(25-2)11(7-10)15(17)22/h3-4,7H,5-6,8H2,1-2H3,(H2,17,22)(H,18,19,21). The molecule has 1 aliphatic heterocycles. The zero-order valence-electron chi connectivity index (χ0n) is 14.7. The summed E-state index contributed by atoms with van der Waals surface area (Å²) in [7, 11) is -2.46. The number of methoxy groups -OCH3 is 1. The zero-order valence-corrected chi connectivity index (χ0v) is 16.3. The van der Waals surface area contributed by atoms with E-state index in [2.05, 4.69) is 10.3 Å². The van der Waals surface area contributed by atoms with Crippen LogP contribution in [0.1, 0.15) is 27.9 Å². The number of fused-ring (bicyclic) bond motifs is 1. The molecule has 27 heavy (non-hydrogen) atoms. The van der Waals surface area contributed by atoms with E-state index in [1.165, 1.54) is 47.9 Å². The quantitative estimate of drug-likeness (QED) is 0.754. The zero-order chi connectivity index (χ0) is 19.8. The highest BCUT2D eigenvalue weighted by Gasteiger charge is 2.31. The highest BCUT2D eigenvalue weighted by Crippen LogP contribution is 2.32. The Morgan fingerprint density at radius 3 is 2.74 bits per heavy atom. The fourth-order valence-corrected chi connectivity index (χ4v) is 5.36. The lowest BCUT2D eigenvalue weighted by Crippen LogP contribution is -2.35. The van der Waals surface area contributed by atoms with E-state index in [1.54, 1.807) is 0 Å². The Hall–Kier alpha value is -2.50. The van der Waals surface area contributed by atoms with E-state index in [9.17, 15) is 18.0 Å². The summed E-state index contributed by atoms with van der Waals surface area (Å²) in [6.45, 7) is 1.78. The third kappa shape index (κ3) is 3.80. The van der Waals surface area contributed by atoms with Crippen LogP contribution in [-0.2, 0) is 27.8 Å². The van der Waals surface area contributed by atoms with Gasteiger partial charge in [0.2, 0.25) is 15.9 Å². The van der Waals surface area contributed by atoms with Crippen molar-refractivity contribution >= 4 is 38.3 Å². The van der Waals surface area contributed by atoms with Gasteiger partial charge in [-0.05, 0) is 18.2 Å². The number of benzene rings is 1. The fourth-order valence-electron chi connectivity index (χ4n) is 2.77. The van der Waals surface area contributed by atoms with Crippen LogP contribution in [0.4, 0.5) is 5.13 Å². The molecule has 0 radical (unpaired) electrons. The number of nitrogens with two attached hydrogens (primary N) is 1. The van der Waals surface area contributed by atoms with Gasteiger partial charge in [-0.15, -0.1) is 11.3 Å². The van der Waals surface area contributed by atoms with Gasteiger partial charge in [0.1, 0.15) is 5.75 Å². The minimum absolute atomic E-state index is 0.00186. The number of primary amides is 1. The van der Waals surface area contributed by atoms with Crippen LogP contribution >= 0.6 is 11.3 Å². The van der Waals surface area contributed by atoms with Crippen molar-refractivity contribution in [1.82, 2.24) is 9.29 Å². The van der Waals surface area contributed by atoms with Crippen molar-refractivity contribution in [3.63, 3.8) is 0 Å². The van der Waals surface area contributed by atoms with Crippen LogP contribution in [0.25, 0.3) is 0 Å². The summed E-state index contributed by atoms with van der Waals surface area (Å²) < 4.78 is 32.4. The molecular formula is C16H18N4O5S2. The molecule has 0 aliphatic carbocycles. The molecule has 11 heteroatoms. The first-order chi connectivity index (χ1) is 12.7. The third-order valence-corrected chi connectivity index (χ3v) is 6.89. The number of amides is 2. The molecule has 2 aromatic rings. The van der Waals surface area contributed by atoms with Crippen LogP contribution in [0.2, 0.25) is 0 Å². The minimum atomic E-state index is -3.84. The van der Waals surface area contributed by atoms with Gasteiger partial charge in [-0.1, -0.05) is 0 Å². The molecule has 0 spiro atoms. The molecule has 2 heterocycles. The topological polar surface area (TPSA) is 132 Å². The van der Waals surface area contributed by atoms with Gasteiger partial charge in [-0.2, -0.15) is 4.31 Å². The van der Waals surface area contributed by atoms with E-state index in [-0.39, 0.29) is 35.2 Å². The second-order valence-corrected chi connectivity index (χ2v) is 8.91. The summed E-state index contributed by atoms with van der Waals surface area (Å²) in [6.07, 6.45) is 0.434. The summed E-state index contributed by atoms with van der Waals surface area (Å²) in [5, 5.41) is 3.07. The van der Waals surface area contributed by atoms with Gasteiger partial charge >= 0.3 is 0 Å². The number of hydrogen-bond acceptors (Lipinski definition) is 7. The predicted molar refractivity (Wildman–Crippen MR) is 99.2 cm³/mol. The molecule has 144 valence electrons. The second kappa shape index (κ2) is 7.25. The smallest absolute Gasteiger partial charge is 0.252 e. The van der Waals surface area contributed by atoms with Gasteiger partial charge in [0, 0.05) is 24.8 Å². The van der Waals surface area contributed by atoms with Gasteiger partial charge in [0.25, 0.3) is 5.91 Å². The first kappa shape index (κ1) is 19.3. The van der Waals surface area contributed by atoms with Crippen molar-refractivity contribution in [3.8, 4) is 5.75 Å². The maximum atomic E-state index is 13.0. The highest BCUT2D eigenvalue weighted by atomic mass is 32.2. The number of aromatic nitrogens is 1. The number of sulfonamides is 1. The summed E-state index contributed by atoms with van der Waals surface area (Å²) in [4.78, 5) is 27.8. The van der Waals surface area contributed by atoms with E-state index in [4.69, 9.17) is 10.5 Å². The van der Waals surface area contributed by atoms with E-state index in [0.29, 0.717) is 11.6 Å². The molecule has 1 aromatic carbocycles. The van der Waals surface area contributed by atoms with Crippen molar-refractivity contribution in [1.29, 1.82) is 0 Å². The number of hydrogen-bond donors (Lipinski definition) is 2. The van der Waals surface area contributed by atoms with Crippen molar-refractivity contribution in [3.05, 3.63) is 34.3 Å². The van der Waals surface area contributed by atoms with E-state index in [0.717, 1.165) is 10.6 Å². The maximum absolute atomic E-state index is 13.0. The molecule has 0 saturated carbocycles. The Labute approximate surface area is 160 Å². The molecule has 3 rings (SSSR count). The fraction of sp³-hybridized carbons (Fsp3) is 0.312. The summed E-state index contributed by atoms with van der Waals surface area (Å²) >= 11 is 1.25. The number of ether oxygens (including phenoxy) is 1. The van der Waals surface area contributed by atoms with Gasteiger partial charge in [0.15, 0.2) is 5.13 Å². The third-order valence-electron chi connectivity index (χ3n) is 4.05. The number of nitrogens with zero attached hydrogens (tertiary/aromatic N) is 2. The molecule has 0 fully saturated rings. The molecule has 0 saturated heterocycles. The van der Waals surface area contributed by atoms with E-state index < -0.39 is 15.9 Å². The summed E-state index contributed by atoms with van der Waals surface area (Å²) in [6, 6.07) is 4.01. The average Bonchev–Trinajstić information content (AvgIpc) is 3.01. The molecular weight excluding hydrogens is 392 g/mol. The largest absolute Gasteiger partial charge is 0.496 e. The monoisotopic (exact) mass is 410 g/mol. The summed E-state index contributed by atoms with van der Waals surface area (Å²) in [5.74, 6) is -0.792. The molecule has 3 N–H and O–H groups in total. The molecule has 1 aromatic heterocycles. The lowest BCUT2D eigenvalue weighted by atomic mass is 10.2. The normalized spacial score (nSPS) is 14.4. The van der Waals surface area contributed by atoms with Gasteiger partial charge in [0.05, 0.1) is 29.8 Å². The van der Waals surface area contributed by atoms with Crippen LogP contribution in [0.5, 0.6) is 5.75 Å². The van der Waals surface area contributed by atoms with Gasteiger partial charge in [-0.25, -0.2) is 13.4 Å². The number of thiazole rings is 1. The highest BCUT2D eigenvalue weighted by molar-refractivity contribution is 7.89. The lowest BCUT2D eigenvalue weighted by molar-refractivity contribution is -0.114. The van der Waals surface area contributed by atoms with Crippen LogP contribution in [0.15, 0.2) is 23.1 Å². The first-order valence-corrected chi connectivity index (χ1v) is 10.2. The van der Waals surface area contributed by atoms with E-state index in [1.807, 2.05) is 0 Å². The molecule has 2 amide bonds. The van der Waals surface area contributed by atoms with Gasteiger partial charge in [-0.3, -0.25) is 9.59 Å². The molecule has 9 nitrogen and oxygen atoms in total. The average molecular weight is 410 g/mol. The maximum Gasteiger partial charge on any atom is 0.252 e. The van der Waals surface area contributed by atoms with Crippen LogP contribution < -0.4 is 15.8 Å². The van der Waals surface area contributed by atoms with Crippen molar-refractivity contribution in [2.45, 2.75) is 24.8 Å². The first-order valence-electron chi connectivity index (χ1n) is 7.96. The lowest BCUT2D eigenvalue weighted by Gasteiger charge is -2.25. The Morgan fingerprint density at radius 2 is 2.11 bits per heavy atom. The SMILES string of the molecule is COc1ccc(S(=O)(=O)N2CCc3nc(NC(C)=O)sc3C2)cc1C(N)=O. The van der Waals surface area contributed by atoms with E-state index >= 15 is 0 Å². The number of carbonyl (C=O) groups excluding carboxylic acids is 2. The summed E-state index contributed by atoms with van der Waals surface area (Å²) in [5.41, 5.74) is 6.10. The number of rotatable bonds is 5. The minimum Gasteiger partial charge on any atom is -0.496 e. The van der Waals surface area contributed by atoms with Crippen molar-refractivity contribution in [2.24, 2.45) is 5.73 Å². The molecule has 0 atom stereocenters. The van der Waals surface area contributed by atoms with Crippen LogP contribution in [0, 0.1) is 0 Å². The van der Waals surface area contributed by atoms with Gasteiger partial charge < -0.3 is 15.8 Å².